The summed E-state index contributed by atoms with van der Waals surface area (Å²) in [4.78, 5) is 0. The Labute approximate surface area is 104 Å². The second-order valence-electron chi connectivity index (χ2n) is 5.80. The highest BCUT2D eigenvalue weighted by Crippen LogP contribution is 2.27. The van der Waals surface area contributed by atoms with E-state index in [9.17, 15) is 0 Å². The molecule has 0 amide bonds. The minimum Gasteiger partial charge on any atom is -0.0651 e. The van der Waals surface area contributed by atoms with E-state index in [4.69, 9.17) is 0 Å². The van der Waals surface area contributed by atoms with E-state index in [0.717, 1.165) is 5.92 Å². The lowest BCUT2D eigenvalue weighted by molar-refractivity contribution is 0.349. The second kappa shape index (κ2) is 9.07. The Balaban J connectivity index is 3.34. The summed E-state index contributed by atoms with van der Waals surface area (Å²) in [6.07, 6.45) is 12.3. The largest absolute Gasteiger partial charge is 0.0651 e. The molecular formula is C16H33. The fraction of sp³-hybridized carbons (Fsp3) is 0.938. The van der Waals surface area contributed by atoms with E-state index < -0.39 is 0 Å². The van der Waals surface area contributed by atoms with Crippen LogP contribution in [0.25, 0.3) is 0 Å². The highest BCUT2D eigenvalue weighted by Gasteiger charge is 2.13. The molecule has 0 spiro atoms. The monoisotopic (exact) mass is 225 g/mol. The van der Waals surface area contributed by atoms with Crippen LogP contribution in [0.5, 0.6) is 0 Å². The van der Waals surface area contributed by atoms with Crippen LogP contribution in [0, 0.1) is 18.3 Å². The zero-order valence-corrected chi connectivity index (χ0v) is 12.1. The van der Waals surface area contributed by atoms with Crippen molar-refractivity contribution in [2.45, 2.75) is 85.5 Å². The molecule has 0 heteroatoms. The third-order valence-electron chi connectivity index (χ3n) is 4.15. The summed E-state index contributed by atoms with van der Waals surface area (Å²) in [6, 6.07) is 0. The molecule has 0 fully saturated rings. The lowest BCUT2D eigenvalue weighted by atomic mass is 9.84. The molecule has 0 N–H and O–H groups in total. The van der Waals surface area contributed by atoms with Gasteiger partial charge in [0.1, 0.15) is 0 Å². The van der Waals surface area contributed by atoms with Gasteiger partial charge in [-0.15, -0.1) is 0 Å². The van der Waals surface area contributed by atoms with Gasteiger partial charge in [0.25, 0.3) is 0 Å². The molecule has 16 heavy (non-hydrogen) atoms. The Morgan fingerprint density at radius 3 is 2.00 bits per heavy atom. The zero-order valence-electron chi connectivity index (χ0n) is 12.1. The summed E-state index contributed by atoms with van der Waals surface area (Å²) < 4.78 is 0. The lowest BCUT2D eigenvalue weighted by Gasteiger charge is -2.22. The number of unbranched alkanes of at least 4 members (excludes halogenated alkanes) is 3. The molecule has 1 atom stereocenters. The van der Waals surface area contributed by atoms with Gasteiger partial charge in [0.15, 0.2) is 0 Å². The first-order chi connectivity index (χ1) is 7.55. The van der Waals surface area contributed by atoms with Crippen molar-refractivity contribution in [3.63, 3.8) is 0 Å². The van der Waals surface area contributed by atoms with Gasteiger partial charge in [-0.1, -0.05) is 79.1 Å². The predicted molar refractivity (Wildman–Crippen MR) is 75.5 cm³/mol. The van der Waals surface area contributed by atoms with E-state index >= 15 is 0 Å². The van der Waals surface area contributed by atoms with E-state index in [1.807, 2.05) is 0 Å². The van der Waals surface area contributed by atoms with Gasteiger partial charge in [0, 0.05) is 0 Å². The molecule has 1 radical (unpaired) electrons. The van der Waals surface area contributed by atoms with Gasteiger partial charge >= 0.3 is 0 Å². The molecule has 0 saturated heterocycles. The summed E-state index contributed by atoms with van der Waals surface area (Å²) in [5.74, 6) is 0.980. The highest BCUT2D eigenvalue weighted by molar-refractivity contribution is 4.74. The van der Waals surface area contributed by atoms with Crippen molar-refractivity contribution in [2.75, 3.05) is 0 Å². The molecule has 97 valence electrons. The normalized spacial score (nSPS) is 12.4. The molecule has 0 aliphatic carbocycles. The van der Waals surface area contributed by atoms with Gasteiger partial charge in [-0.05, 0) is 24.7 Å². The number of rotatable bonds is 10. The minimum absolute atomic E-state index is 0.329. The third-order valence-corrected chi connectivity index (χ3v) is 4.15. The van der Waals surface area contributed by atoms with E-state index in [1.165, 1.54) is 57.8 Å². The highest BCUT2D eigenvalue weighted by atomic mass is 14.2. The number of hydrogen-bond acceptors (Lipinski definition) is 0. The smallest absolute Gasteiger partial charge is 0.0328 e. The summed E-state index contributed by atoms with van der Waals surface area (Å²) in [7, 11) is 0. The van der Waals surface area contributed by atoms with Gasteiger partial charge in [0.2, 0.25) is 0 Å². The van der Waals surface area contributed by atoms with Crippen molar-refractivity contribution < 1.29 is 0 Å². The Morgan fingerprint density at radius 1 is 0.938 bits per heavy atom. The second-order valence-corrected chi connectivity index (χ2v) is 5.80. The van der Waals surface area contributed by atoms with Crippen molar-refractivity contribution in [1.82, 2.24) is 0 Å². The standard InChI is InChI=1S/C16H33/c1-6-15(7-2)13-11-9-10-12-14-16(4,5)8-3/h15H,4,6-14H2,1-3,5H3. The Hall–Kier alpha value is 0. The van der Waals surface area contributed by atoms with Crippen LogP contribution < -0.4 is 0 Å². The first kappa shape index (κ1) is 16.0. The Kier molecular flexibility index (Phi) is 9.07. The fourth-order valence-corrected chi connectivity index (χ4v) is 2.21. The van der Waals surface area contributed by atoms with Gasteiger partial charge in [-0.25, -0.2) is 0 Å². The van der Waals surface area contributed by atoms with Crippen molar-refractivity contribution >= 4 is 0 Å². The van der Waals surface area contributed by atoms with Gasteiger partial charge in [-0.2, -0.15) is 0 Å². The van der Waals surface area contributed by atoms with E-state index in [1.54, 1.807) is 0 Å². The molecule has 0 aliphatic heterocycles. The Morgan fingerprint density at radius 2 is 1.50 bits per heavy atom. The molecule has 1 unspecified atom stereocenters. The average molecular weight is 225 g/mol. The first-order valence-electron chi connectivity index (χ1n) is 7.41. The van der Waals surface area contributed by atoms with Crippen LogP contribution in [0.2, 0.25) is 0 Å². The average Bonchev–Trinajstić information content (AvgIpc) is 2.28. The molecule has 0 heterocycles. The molecule has 0 aromatic rings. The van der Waals surface area contributed by atoms with Crippen LogP contribution in [0.4, 0.5) is 0 Å². The van der Waals surface area contributed by atoms with E-state index in [2.05, 4.69) is 34.6 Å². The maximum Gasteiger partial charge on any atom is -0.0328 e. The topological polar surface area (TPSA) is 0 Å². The summed E-state index contributed by atoms with van der Waals surface area (Å²) in [5, 5.41) is 0. The number of hydrogen-bond donors (Lipinski definition) is 0. The third kappa shape index (κ3) is 8.19. The van der Waals surface area contributed by atoms with Crippen molar-refractivity contribution in [3.05, 3.63) is 6.92 Å². The van der Waals surface area contributed by atoms with Crippen LogP contribution in [0.3, 0.4) is 0 Å². The van der Waals surface area contributed by atoms with Crippen molar-refractivity contribution in [2.24, 2.45) is 11.3 Å². The van der Waals surface area contributed by atoms with Crippen LogP contribution in [-0.2, 0) is 0 Å². The van der Waals surface area contributed by atoms with E-state index in [0.29, 0.717) is 5.41 Å². The zero-order chi connectivity index (χ0) is 12.4. The molecule has 0 aliphatic rings. The van der Waals surface area contributed by atoms with Gasteiger partial charge < -0.3 is 0 Å². The minimum atomic E-state index is 0.329. The molecule has 0 saturated carbocycles. The molecule has 0 aromatic carbocycles. The molecule has 0 bridgehead atoms. The first-order valence-corrected chi connectivity index (χ1v) is 7.41. The van der Waals surface area contributed by atoms with E-state index in [-0.39, 0.29) is 0 Å². The van der Waals surface area contributed by atoms with Crippen LogP contribution in [0.15, 0.2) is 0 Å². The quantitative estimate of drug-likeness (QED) is 0.399. The molecule has 0 nitrogen and oxygen atoms in total. The predicted octanol–water partition coefficient (Wildman–Crippen LogP) is 6.01. The van der Waals surface area contributed by atoms with Crippen molar-refractivity contribution in [3.8, 4) is 0 Å². The van der Waals surface area contributed by atoms with Gasteiger partial charge in [-0.3, -0.25) is 0 Å². The molecule has 0 rings (SSSR count). The summed E-state index contributed by atoms with van der Waals surface area (Å²) in [5.41, 5.74) is 0.329. The fourth-order valence-electron chi connectivity index (χ4n) is 2.21. The molecular weight excluding hydrogens is 192 g/mol. The van der Waals surface area contributed by atoms with Crippen molar-refractivity contribution in [1.29, 1.82) is 0 Å². The maximum atomic E-state index is 4.26. The van der Waals surface area contributed by atoms with Crippen LogP contribution in [0.1, 0.15) is 85.5 Å². The summed E-state index contributed by atoms with van der Waals surface area (Å²) >= 11 is 0. The maximum absolute atomic E-state index is 4.26. The van der Waals surface area contributed by atoms with Crippen LogP contribution in [-0.4, -0.2) is 0 Å². The molecule has 0 aromatic heterocycles. The summed E-state index contributed by atoms with van der Waals surface area (Å²) in [6.45, 7) is 13.4. The van der Waals surface area contributed by atoms with Crippen LogP contribution >= 0.6 is 0 Å². The SMILES string of the molecule is [CH2]C(C)(CC)CCCCCCC(CC)CC. The Bertz CT molecular complexity index is 142. The lowest BCUT2D eigenvalue weighted by Crippen LogP contribution is -2.09. The van der Waals surface area contributed by atoms with Gasteiger partial charge in [0.05, 0.1) is 0 Å².